The molecular weight excluding hydrogens is 294 g/mol. The average Bonchev–Trinajstić information content (AvgIpc) is 2.81. The first-order chi connectivity index (χ1) is 9.74. The Morgan fingerprint density at radius 2 is 1.90 bits per heavy atom. The highest BCUT2D eigenvalue weighted by Gasteiger charge is 2.21. The number of hydrogen-bond donors (Lipinski definition) is 2. The van der Waals surface area contributed by atoms with E-state index < -0.39 is 0 Å². The molecule has 1 fully saturated rings. The summed E-state index contributed by atoms with van der Waals surface area (Å²) in [7, 11) is 0. The number of thiophene rings is 1. The van der Waals surface area contributed by atoms with Crippen molar-refractivity contribution in [1.82, 2.24) is 14.3 Å². The van der Waals surface area contributed by atoms with E-state index in [1.165, 1.54) is 11.3 Å². The Kier molecular flexibility index (Phi) is 3.95. The van der Waals surface area contributed by atoms with Crippen LogP contribution in [0, 0.1) is 0 Å². The van der Waals surface area contributed by atoms with Crippen LogP contribution in [-0.2, 0) is 0 Å². The molecule has 1 aliphatic rings. The van der Waals surface area contributed by atoms with Crippen LogP contribution in [0.25, 0.3) is 0 Å². The van der Waals surface area contributed by atoms with Gasteiger partial charge in [-0.25, -0.2) is 14.3 Å². The van der Waals surface area contributed by atoms with Gasteiger partial charge in [0.2, 0.25) is 5.95 Å². The highest BCUT2D eigenvalue weighted by molar-refractivity contribution is 7.99. The summed E-state index contributed by atoms with van der Waals surface area (Å²) < 4.78 is 3.08. The van der Waals surface area contributed by atoms with Crippen LogP contribution >= 0.6 is 23.3 Å². The highest BCUT2D eigenvalue weighted by Crippen LogP contribution is 2.41. The van der Waals surface area contributed by atoms with Crippen LogP contribution in [-0.4, -0.2) is 45.6 Å². The van der Waals surface area contributed by atoms with Crippen LogP contribution in [0.1, 0.15) is 0 Å². The van der Waals surface area contributed by atoms with E-state index in [2.05, 4.69) is 19.2 Å². The number of aromatic hydroxyl groups is 1. The predicted octanol–water partition coefficient (Wildman–Crippen LogP) is 1.66. The van der Waals surface area contributed by atoms with E-state index in [1.807, 2.05) is 6.07 Å². The van der Waals surface area contributed by atoms with Gasteiger partial charge < -0.3 is 15.7 Å². The fraction of sp³-hybridized carbons (Fsp3) is 0.333. The van der Waals surface area contributed by atoms with Gasteiger partial charge in [0.15, 0.2) is 5.75 Å². The standard InChI is InChI=1S/C12H15N5OS2/c13-9-8-19-11(10(9)18)20-17-6-4-16(5-7-17)12-14-2-1-3-15-12/h1-3,8,18H,4-7,13H2. The second-order valence-corrected chi connectivity index (χ2v) is 6.63. The Morgan fingerprint density at radius 3 is 2.50 bits per heavy atom. The van der Waals surface area contributed by atoms with Crippen molar-refractivity contribution < 1.29 is 5.11 Å². The second kappa shape index (κ2) is 5.86. The number of aromatic nitrogens is 2. The summed E-state index contributed by atoms with van der Waals surface area (Å²) >= 11 is 3.04. The van der Waals surface area contributed by atoms with Crippen molar-refractivity contribution >= 4 is 34.9 Å². The van der Waals surface area contributed by atoms with Gasteiger partial charge in [0.1, 0.15) is 4.21 Å². The Labute approximate surface area is 125 Å². The third kappa shape index (κ3) is 2.82. The molecule has 1 aliphatic heterocycles. The molecule has 0 atom stereocenters. The summed E-state index contributed by atoms with van der Waals surface area (Å²) in [6.07, 6.45) is 3.52. The molecule has 8 heteroatoms. The zero-order valence-corrected chi connectivity index (χ0v) is 12.4. The summed E-state index contributed by atoms with van der Waals surface area (Å²) in [5.41, 5.74) is 6.10. The molecule has 0 radical (unpaired) electrons. The molecule has 20 heavy (non-hydrogen) atoms. The summed E-state index contributed by atoms with van der Waals surface area (Å²) in [6, 6.07) is 1.82. The first-order valence-corrected chi connectivity index (χ1v) is 7.90. The lowest BCUT2D eigenvalue weighted by atomic mass is 10.4. The van der Waals surface area contributed by atoms with E-state index in [-0.39, 0.29) is 5.75 Å². The second-order valence-electron chi connectivity index (χ2n) is 4.38. The van der Waals surface area contributed by atoms with Crippen LogP contribution in [0.2, 0.25) is 0 Å². The van der Waals surface area contributed by atoms with Crippen molar-refractivity contribution in [2.75, 3.05) is 36.8 Å². The maximum absolute atomic E-state index is 9.81. The van der Waals surface area contributed by atoms with Crippen LogP contribution in [0.5, 0.6) is 5.75 Å². The zero-order chi connectivity index (χ0) is 13.9. The van der Waals surface area contributed by atoms with Gasteiger partial charge in [0.25, 0.3) is 0 Å². The van der Waals surface area contributed by atoms with Crippen molar-refractivity contribution in [2.24, 2.45) is 0 Å². The molecule has 0 amide bonds. The minimum absolute atomic E-state index is 0.203. The highest BCUT2D eigenvalue weighted by atomic mass is 32.2. The first kappa shape index (κ1) is 13.5. The van der Waals surface area contributed by atoms with E-state index in [4.69, 9.17) is 5.73 Å². The van der Waals surface area contributed by atoms with Gasteiger partial charge in [-0.3, -0.25) is 0 Å². The maximum Gasteiger partial charge on any atom is 0.225 e. The Hall–Kier alpha value is -1.51. The van der Waals surface area contributed by atoms with Crippen LogP contribution in [0.15, 0.2) is 28.0 Å². The predicted molar refractivity (Wildman–Crippen MR) is 82.1 cm³/mol. The van der Waals surface area contributed by atoms with Gasteiger partial charge in [0, 0.05) is 44.0 Å². The SMILES string of the molecule is Nc1csc(SN2CCN(c3ncccn3)CC2)c1O. The van der Waals surface area contributed by atoms with Gasteiger partial charge in [-0.15, -0.1) is 11.3 Å². The molecule has 0 unspecified atom stereocenters. The van der Waals surface area contributed by atoms with Crippen LogP contribution in [0.3, 0.4) is 0 Å². The Morgan fingerprint density at radius 1 is 1.20 bits per heavy atom. The molecule has 6 nitrogen and oxygen atoms in total. The van der Waals surface area contributed by atoms with Crippen molar-refractivity contribution in [3.8, 4) is 5.75 Å². The number of hydrogen-bond acceptors (Lipinski definition) is 8. The monoisotopic (exact) mass is 309 g/mol. The Bertz CT molecular complexity index is 568. The summed E-state index contributed by atoms with van der Waals surface area (Å²) in [4.78, 5) is 10.7. The van der Waals surface area contributed by atoms with Gasteiger partial charge in [0.05, 0.1) is 5.69 Å². The Balaban J connectivity index is 1.58. The molecule has 0 aromatic carbocycles. The molecular formula is C12H15N5OS2. The smallest absolute Gasteiger partial charge is 0.225 e. The molecule has 2 aromatic rings. The quantitative estimate of drug-likeness (QED) is 0.835. The van der Waals surface area contributed by atoms with E-state index in [9.17, 15) is 5.11 Å². The topological polar surface area (TPSA) is 78.5 Å². The maximum atomic E-state index is 9.81. The van der Waals surface area contributed by atoms with Crippen LogP contribution < -0.4 is 10.6 Å². The average molecular weight is 309 g/mol. The van der Waals surface area contributed by atoms with Crippen LogP contribution in [0.4, 0.5) is 11.6 Å². The lowest BCUT2D eigenvalue weighted by Gasteiger charge is -2.33. The number of nitrogens with two attached hydrogens (primary N) is 1. The van der Waals surface area contributed by atoms with Crippen molar-refractivity contribution in [2.45, 2.75) is 4.21 Å². The molecule has 0 bridgehead atoms. The number of nitrogens with zero attached hydrogens (tertiary/aromatic N) is 4. The van der Waals surface area contributed by atoms with Gasteiger partial charge >= 0.3 is 0 Å². The summed E-state index contributed by atoms with van der Waals surface area (Å²) in [5.74, 6) is 0.981. The number of nitrogen functional groups attached to an aromatic ring is 1. The van der Waals surface area contributed by atoms with Crippen molar-refractivity contribution in [3.05, 3.63) is 23.8 Å². The first-order valence-electron chi connectivity index (χ1n) is 6.25. The van der Waals surface area contributed by atoms with Gasteiger partial charge in [-0.05, 0) is 18.0 Å². The van der Waals surface area contributed by atoms with Gasteiger partial charge in [-0.2, -0.15) is 0 Å². The van der Waals surface area contributed by atoms with Crippen molar-refractivity contribution in [3.63, 3.8) is 0 Å². The molecule has 106 valence electrons. The molecule has 0 spiro atoms. The lowest BCUT2D eigenvalue weighted by Crippen LogP contribution is -2.44. The molecule has 3 N–H and O–H groups in total. The minimum atomic E-state index is 0.203. The largest absolute Gasteiger partial charge is 0.504 e. The van der Waals surface area contributed by atoms with E-state index >= 15 is 0 Å². The van der Waals surface area contributed by atoms with Gasteiger partial charge in [-0.1, -0.05) is 0 Å². The molecule has 1 saturated heterocycles. The van der Waals surface area contributed by atoms with E-state index in [0.29, 0.717) is 5.69 Å². The fourth-order valence-electron chi connectivity index (χ4n) is 1.96. The lowest BCUT2D eigenvalue weighted by molar-refractivity contribution is 0.424. The van der Waals surface area contributed by atoms with E-state index in [1.54, 1.807) is 29.7 Å². The minimum Gasteiger partial charge on any atom is -0.504 e. The number of rotatable bonds is 3. The van der Waals surface area contributed by atoms with E-state index in [0.717, 1.165) is 36.3 Å². The fourth-order valence-corrected chi connectivity index (χ4v) is 3.95. The summed E-state index contributed by atoms with van der Waals surface area (Å²) in [5, 5.41) is 11.6. The third-order valence-electron chi connectivity index (χ3n) is 3.05. The molecule has 3 heterocycles. The number of piperazine rings is 1. The zero-order valence-electron chi connectivity index (χ0n) is 10.8. The molecule has 0 aliphatic carbocycles. The molecule has 2 aromatic heterocycles. The summed E-state index contributed by atoms with van der Waals surface area (Å²) in [6.45, 7) is 3.53. The van der Waals surface area contributed by atoms with Crippen molar-refractivity contribution in [1.29, 1.82) is 0 Å². The third-order valence-corrected chi connectivity index (χ3v) is 5.32. The molecule has 3 rings (SSSR count). The molecule has 0 saturated carbocycles. The normalized spacial score (nSPS) is 16.5. The number of anilines is 2.